The number of benzene rings is 2. The largest absolute Gasteiger partial charge is 0.491 e. The molecule has 0 saturated carbocycles. The van der Waals surface area contributed by atoms with E-state index in [9.17, 15) is 14.9 Å². The number of carbonyl (C=O) groups is 1. The Bertz CT molecular complexity index is 739. The topological polar surface area (TPSA) is 90.7 Å². The van der Waals surface area contributed by atoms with E-state index in [1.54, 1.807) is 49.6 Å². The first-order valence-corrected chi connectivity index (χ1v) is 7.54. The smallest absolute Gasteiger partial charge is 0.269 e. The van der Waals surface area contributed by atoms with Gasteiger partial charge in [0.15, 0.2) is 0 Å². The number of carbonyl (C=O) groups excluding carboxylic acids is 1. The molecule has 1 N–H and O–H groups in total. The first kappa shape index (κ1) is 18.2. The average molecular weight is 342 g/mol. The lowest BCUT2D eigenvalue weighted by molar-refractivity contribution is -0.384. The van der Waals surface area contributed by atoms with Crippen molar-refractivity contribution in [1.82, 2.24) is 0 Å². The van der Waals surface area contributed by atoms with Gasteiger partial charge in [0.2, 0.25) is 5.91 Å². The Morgan fingerprint density at radius 3 is 2.40 bits per heavy atom. The fourth-order valence-corrected chi connectivity index (χ4v) is 1.94. The Balaban J connectivity index is 1.87. The molecule has 0 spiro atoms. The minimum Gasteiger partial charge on any atom is -0.491 e. The number of nitro benzene ring substituents is 1. The molecule has 0 radical (unpaired) electrons. The Kier molecular flexibility index (Phi) is 6.67. The number of nitrogens with zero attached hydrogens (tertiary/aromatic N) is 1. The molecule has 0 aliphatic carbocycles. The second kappa shape index (κ2) is 9.19. The lowest BCUT2D eigenvalue weighted by atomic mass is 10.2. The lowest BCUT2D eigenvalue weighted by Gasteiger charge is -2.07. The predicted octanol–water partition coefficient (Wildman–Crippen LogP) is 3.27. The number of hydrogen-bond donors (Lipinski definition) is 1. The van der Waals surface area contributed by atoms with Gasteiger partial charge in [-0.3, -0.25) is 14.9 Å². The van der Waals surface area contributed by atoms with Gasteiger partial charge in [-0.05, 0) is 48.0 Å². The number of rotatable bonds is 8. The molecule has 0 fully saturated rings. The van der Waals surface area contributed by atoms with E-state index in [-0.39, 0.29) is 11.6 Å². The molecule has 2 rings (SSSR count). The summed E-state index contributed by atoms with van der Waals surface area (Å²) in [4.78, 5) is 22.0. The number of nitro groups is 1. The highest BCUT2D eigenvalue weighted by atomic mass is 16.6. The molecule has 0 atom stereocenters. The first-order chi connectivity index (χ1) is 12.1. The van der Waals surface area contributed by atoms with Crippen LogP contribution in [-0.4, -0.2) is 31.2 Å². The van der Waals surface area contributed by atoms with Crippen LogP contribution in [0.25, 0.3) is 6.08 Å². The monoisotopic (exact) mass is 342 g/mol. The molecule has 0 saturated heterocycles. The third-order valence-corrected chi connectivity index (χ3v) is 3.21. The summed E-state index contributed by atoms with van der Waals surface area (Å²) in [6.07, 6.45) is 2.95. The number of ether oxygens (including phenoxy) is 2. The average Bonchev–Trinajstić information content (AvgIpc) is 2.62. The van der Waals surface area contributed by atoms with Crippen molar-refractivity contribution in [2.75, 3.05) is 25.6 Å². The molecule has 2 aromatic carbocycles. The van der Waals surface area contributed by atoms with E-state index < -0.39 is 4.92 Å². The van der Waals surface area contributed by atoms with Gasteiger partial charge in [-0.15, -0.1) is 0 Å². The highest BCUT2D eigenvalue weighted by molar-refractivity contribution is 6.01. The highest BCUT2D eigenvalue weighted by Crippen LogP contribution is 2.16. The molecule has 130 valence electrons. The molecular formula is C18H18N2O5. The van der Waals surface area contributed by atoms with Gasteiger partial charge in [0.05, 0.1) is 11.5 Å². The highest BCUT2D eigenvalue weighted by Gasteiger charge is 2.03. The lowest BCUT2D eigenvalue weighted by Crippen LogP contribution is -2.08. The van der Waals surface area contributed by atoms with Crippen LogP contribution in [0.4, 0.5) is 11.4 Å². The van der Waals surface area contributed by atoms with Crippen LogP contribution >= 0.6 is 0 Å². The van der Waals surface area contributed by atoms with Crippen LogP contribution in [0.1, 0.15) is 5.56 Å². The van der Waals surface area contributed by atoms with Gasteiger partial charge < -0.3 is 14.8 Å². The Morgan fingerprint density at radius 2 is 1.80 bits per heavy atom. The zero-order chi connectivity index (χ0) is 18.1. The van der Waals surface area contributed by atoms with Gasteiger partial charge >= 0.3 is 0 Å². The van der Waals surface area contributed by atoms with Crippen molar-refractivity contribution in [3.63, 3.8) is 0 Å². The van der Waals surface area contributed by atoms with Crippen molar-refractivity contribution in [1.29, 1.82) is 0 Å². The molecule has 0 bridgehead atoms. The van der Waals surface area contributed by atoms with Gasteiger partial charge in [-0.2, -0.15) is 0 Å². The minimum atomic E-state index is -0.469. The summed E-state index contributed by atoms with van der Waals surface area (Å²) in [7, 11) is 1.60. The van der Waals surface area contributed by atoms with Crippen LogP contribution in [-0.2, 0) is 9.53 Å². The van der Waals surface area contributed by atoms with Crippen LogP contribution in [0.5, 0.6) is 5.75 Å². The molecule has 1 amide bonds. The van der Waals surface area contributed by atoms with E-state index in [1.807, 2.05) is 0 Å². The number of non-ortho nitro benzene ring substituents is 1. The van der Waals surface area contributed by atoms with Crippen molar-refractivity contribution in [2.45, 2.75) is 0 Å². The molecular weight excluding hydrogens is 324 g/mol. The summed E-state index contributed by atoms with van der Waals surface area (Å²) >= 11 is 0. The van der Waals surface area contributed by atoms with E-state index in [0.29, 0.717) is 30.2 Å². The number of amides is 1. The Labute approximate surface area is 145 Å². The number of anilines is 1. The molecule has 7 heteroatoms. The molecule has 7 nitrogen and oxygen atoms in total. The Hall–Kier alpha value is -3.19. The summed E-state index contributed by atoms with van der Waals surface area (Å²) in [6.45, 7) is 0.964. The van der Waals surface area contributed by atoms with Gasteiger partial charge in [-0.25, -0.2) is 0 Å². The summed E-state index contributed by atoms with van der Waals surface area (Å²) in [6, 6.07) is 12.9. The quantitative estimate of drug-likeness (QED) is 0.344. The summed E-state index contributed by atoms with van der Waals surface area (Å²) in [5.41, 5.74) is 1.34. The summed E-state index contributed by atoms with van der Waals surface area (Å²) < 4.78 is 10.3. The third-order valence-electron chi connectivity index (χ3n) is 3.21. The van der Waals surface area contributed by atoms with E-state index in [2.05, 4.69) is 5.32 Å². The third kappa shape index (κ3) is 6.08. The SMILES string of the molecule is COCCOc1ccc(NC(=O)/C=C/c2ccc([N+](=O)[O-])cc2)cc1. The van der Waals surface area contributed by atoms with Gasteiger partial charge in [0, 0.05) is 31.0 Å². The van der Waals surface area contributed by atoms with Crippen molar-refractivity contribution in [2.24, 2.45) is 0 Å². The van der Waals surface area contributed by atoms with E-state index >= 15 is 0 Å². The van der Waals surface area contributed by atoms with Crippen LogP contribution in [0, 0.1) is 10.1 Å². The van der Waals surface area contributed by atoms with Crippen molar-refractivity contribution in [3.8, 4) is 5.75 Å². The number of hydrogen-bond acceptors (Lipinski definition) is 5. The second-order valence-corrected chi connectivity index (χ2v) is 5.04. The van der Waals surface area contributed by atoms with Crippen LogP contribution in [0.3, 0.4) is 0 Å². The predicted molar refractivity (Wildman–Crippen MR) is 94.6 cm³/mol. The molecule has 0 unspecified atom stereocenters. The van der Waals surface area contributed by atoms with Gasteiger partial charge in [0.1, 0.15) is 12.4 Å². The van der Waals surface area contributed by atoms with Crippen LogP contribution in [0.2, 0.25) is 0 Å². The zero-order valence-corrected chi connectivity index (χ0v) is 13.7. The van der Waals surface area contributed by atoms with E-state index in [0.717, 1.165) is 0 Å². The Morgan fingerprint density at radius 1 is 1.12 bits per heavy atom. The van der Waals surface area contributed by atoms with E-state index in [4.69, 9.17) is 9.47 Å². The van der Waals surface area contributed by atoms with Gasteiger partial charge in [-0.1, -0.05) is 0 Å². The summed E-state index contributed by atoms with van der Waals surface area (Å²) in [5, 5.41) is 13.3. The van der Waals surface area contributed by atoms with Gasteiger partial charge in [0.25, 0.3) is 5.69 Å². The molecule has 2 aromatic rings. The number of methoxy groups -OCH3 is 1. The van der Waals surface area contributed by atoms with Crippen LogP contribution in [0.15, 0.2) is 54.6 Å². The normalized spacial score (nSPS) is 10.6. The van der Waals surface area contributed by atoms with Crippen molar-refractivity contribution < 1.29 is 19.2 Å². The van der Waals surface area contributed by atoms with Crippen molar-refractivity contribution >= 4 is 23.4 Å². The van der Waals surface area contributed by atoms with E-state index in [1.165, 1.54) is 18.2 Å². The maximum Gasteiger partial charge on any atom is 0.269 e. The first-order valence-electron chi connectivity index (χ1n) is 7.54. The molecule has 0 aliphatic heterocycles. The number of nitrogens with one attached hydrogen (secondary N) is 1. The molecule has 0 heterocycles. The fourth-order valence-electron chi connectivity index (χ4n) is 1.94. The molecule has 25 heavy (non-hydrogen) atoms. The standard InChI is InChI=1S/C18H18N2O5/c1-24-12-13-25-17-9-5-15(6-10-17)19-18(21)11-4-14-2-7-16(8-3-14)20(22)23/h2-11H,12-13H2,1H3,(H,19,21)/b11-4+. The minimum absolute atomic E-state index is 0.00871. The fraction of sp³-hybridized carbons (Fsp3) is 0.167. The van der Waals surface area contributed by atoms with Crippen LogP contribution < -0.4 is 10.1 Å². The summed E-state index contributed by atoms with van der Waals surface area (Å²) in [5.74, 6) is 0.392. The maximum atomic E-state index is 11.9. The zero-order valence-electron chi connectivity index (χ0n) is 13.7. The second-order valence-electron chi connectivity index (χ2n) is 5.04. The molecule has 0 aromatic heterocycles. The van der Waals surface area contributed by atoms with Crippen molar-refractivity contribution in [3.05, 3.63) is 70.3 Å². The maximum absolute atomic E-state index is 11.9. The molecule has 0 aliphatic rings.